The number of aliphatic carboxylic acids is 1. The maximum atomic E-state index is 12.0. The number of fused-ring (bicyclic) bond motifs is 5. The van der Waals surface area contributed by atoms with E-state index in [1.54, 1.807) is 0 Å². The number of nitrogens with two attached hydrogens (primary N) is 1. The van der Waals surface area contributed by atoms with Crippen molar-refractivity contribution in [1.29, 1.82) is 0 Å². The molecule has 0 spiro atoms. The van der Waals surface area contributed by atoms with E-state index in [0.717, 1.165) is 50.7 Å². The van der Waals surface area contributed by atoms with Gasteiger partial charge in [0, 0.05) is 5.41 Å². The first-order valence-corrected chi connectivity index (χ1v) is 12.8. The van der Waals surface area contributed by atoms with E-state index in [9.17, 15) is 19.5 Å². The highest BCUT2D eigenvalue weighted by Gasteiger charge is 2.63. The van der Waals surface area contributed by atoms with Crippen LogP contribution in [-0.4, -0.2) is 52.0 Å². The number of nitrogens with one attached hydrogen (secondary N) is 1. The summed E-state index contributed by atoms with van der Waals surface area (Å²) in [5, 5.41) is 26.6. The Morgan fingerprint density at radius 3 is 2.61 bits per heavy atom. The number of hydrogen-bond donors (Lipinski definition) is 4. The molecule has 36 heavy (non-hydrogen) atoms. The number of terminal acetylenes is 1. The van der Waals surface area contributed by atoms with Gasteiger partial charge in [-0.2, -0.15) is 0 Å². The summed E-state index contributed by atoms with van der Waals surface area (Å²) < 4.78 is 0. The Hall–Kier alpha value is -2.86. The number of nitrogens with zero attached hydrogens (tertiary/aromatic N) is 1. The zero-order valence-electron chi connectivity index (χ0n) is 21.1. The average Bonchev–Trinajstić information content (AvgIpc) is 3.09. The molecule has 0 bridgehead atoms. The fourth-order valence-corrected chi connectivity index (χ4v) is 7.71. The number of rotatable bonds is 7. The zero-order chi connectivity index (χ0) is 26.3. The first-order valence-electron chi connectivity index (χ1n) is 12.8. The maximum absolute atomic E-state index is 12.0. The topological polar surface area (TPSA) is 151 Å². The molecule has 3 fully saturated rings. The van der Waals surface area contributed by atoms with E-state index < -0.39 is 42.5 Å². The van der Waals surface area contributed by atoms with Gasteiger partial charge in [0.1, 0.15) is 11.6 Å². The molecule has 0 aromatic heterocycles. The molecule has 9 heteroatoms. The number of aliphatic hydroxyl groups is 1. The number of primary amides is 1. The van der Waals surface area contributed by atoms with Gasteiger partial charge in [-0.3, -0.25) is 9.59 Å². The van der Waals surface area contributed by atoms with Crippen LogP contribution in [0, 0.1) is 40.9 Å². The molecule has 3 saturated carbocycles. The van der Waals surface area contributed by atoms with E-state index in [0.29, 0.717) is 24.2 Å². The number of carbonyl (C=O) groups excluding carboxylic acids is 2. The van der Waals surface area contributed by atoms with Crippen LogP contribution in [0.3, 0.4) is 0 Å². The molecule has 4 rings (SSSR count). The Balaban J connectivity index is 1.40. The highest BCUT2D eigenvalue weighted by atomic mass is 16.6. The van der Waals surface area contributed by atoms with Crippen molar-refractivity contribution in [2.24, 2.45) is 39.5 Å². The maximum Gasteiger partial charge on any atom is 0.326 e. The number of allylic oxidation sites excluding steroid dienone is 2. The van der Waals surface area contributed by atoms with Crippen LogP contribution in [-0.2, 0) is 19.2 Å². The molecule has 9 nitrogen and oxygen atoms in total. The normalized spacial score (nSPS) is 39.0. The fourth-order valence-electron chi connectivity index (χ4n) is 7.71. The average molecular weight is 500 g/mol. The minimum Gasteiger partial charge on any atom is -0.480 e. The molecule has 4 aliphatic carbocycles. The van der Waals surface area contributed by atoms with Crippen LogP contribution in [0.25, 0.3) is 0 Å². The largest absolute Gasteiger partial charge is 0.480 e. The molecule has 0 unspecified atom stereocenters. The van der Waals surface area contributed by atoms with Crippen molar-refractivity contribution in [3.05, 3.63) is 11.6 Å². The number of amides is 2. The number of carboxylic acid groups (broad SMARTS) is 1. The van der Waals surface area contributed by atoms with Crippen molar-refractivity contribution < 1.29 is 29.4 Å². The van der Waals surface area contributed by atoms with E-state index in [1.165, 1.54) is 5.57 Å². The van der Waals surface area contributed by atoms with Crippen LogP contribution in [0.2, 0.25) is 0 Å². The number of oxime groups is 1. The first kappa shape index (κ1) is 26.2. The van der Waals surface area contributed by atoms with Gasteiger partial charge in [-0.25, -0.2) is 4.79 Å². The Labute approximate surface area is 211 Å². The molecule has 7 atom stereocenters. The van der Waals surface area contributed by atoms with Crippen LogP contribution in [0.1, 0.15) is 71.6 Å². The molecule has 2 amide bonds. The predicted molar refractivity (Wildman–Crippen MR) is 132 cm³/mol. The van der Waals surface area contributed by atoms with Crippen molar-refractivity contribution in [2.75, 3.05) is 6.61 Å². The predicted octanol–water partition coefficient (Wildman–Crippen LogP) is 2.13. The lowest BCUT2D eigenvalue weighted by molar-refractivity contribution is -0.144. The Morgan fingerprint density at radius 2 is 1.94 bits per heavy atom. The summed E-state index contributed by atoms with van der Waals surface area (Å²) in [5.74, 6) is 1.42. The smallest absolute Gasteiger partial charge is 0.326 e. The van der Waals surface area contributed by atoms with Crippen molar-refractivity contribution >= 4 is 23.5 Å². The number of carbonyl (C=O) groups is 3. The standard InChI is InChI=1S/C27H37N3O6/c1-4-27(35)12-9-20-18-6-5-16-13-17(7-10-25(16,2)19(18)8-11-26(20,27)3)30-36-15-23(32)29-21(24(33)34)14-22(28)31/h1,13,18-21,35H,5-12,14-15H2,2-3H3,(H2,28,31)(H,29,32)(H,33,34)/b30-17+/t18-,19+,20-,21+,25+,26+,27-/m1/s1. The van der Waals surface area contributed by atoms with Crippen molar-refractivity contribution in [1.82, 2.24) is 5.32 Å². The molecular weight excluding hydrogens is 462 g/mol. The number of carboxylic acids is 1. The highest BCUT2D eigenvalue weighted by Crippen LogP contribution is 2.67. The molecule has 4 aliphatic rings. The molecule has 0 aliphatic heterocycles. The van der Waals surface area contributed by atoms with Gasteiger partial charge in [-0.15, -0.1) is 6.42 Å². The van der Waals surface area contributed by atoms with Crippen molar-refractivity contribution in [2.45, 2.75) is 83.3 Å². The summed E-state index contributed by atoms with van der Waals surface area (Å²) >= 11 is 0. The molecule has 196 valence electrons. The fraction of sp³-hybridized carbons (Fsp3) is 0.704. The summed E-state index contributed by atoms with van der Waals surface area (Å²) in [7, 11) is 0. The molecule has 0 saturated heterocycles. The van der Waals surface area contributed by atoms with Gasteiger partial charge >= 0.3 is 5.97 Å². The Morgan fingerprint density at radius 1 is 1.22 bits per heavy atom. The van der Waals surface area contributed by atoms with Crippen LogP contribution >= 0.6 is 0 Å². The van der Waals surface area contributed by atoms with E-state index in [-0.39, 0.29) is 10.8 Å². The summed E-state index contributed by atoms with van der Waals surface area (Å²) in [6.45, 7) is 4.10. The highest BCUT2D eigenvalue weighted by molar-refractivity contribution is 5.96. The summed E-state index contributed by atoms with van der Waals surface area (Å²) in [6, 6.07) is -1.40. The summed E-state index contributed by atoms with van der Waals surface area (Å²) in [5.41, 5.74) is 6.01. The Kier molecular flexibility index (Phi) is 6.95. The lowest BCUT2D eigenvalue weighted by atomic mass is 9.46. The number of hydrogen-bond acceptors (Lipinski definition) is 6. The summed E-state index contributed by atoms with van der Waals surface area (Å²) in [4.78, 5) is 39.4. The lowest BCUT2D eigenvalue weighted by Gasteiger charge is -2.58. The van der Waals surface area contributed by atoms with E-state index in [4.69, 9.17) is 22.1 Å². The summed E-state index contributed by atoms with van der Waals surface area (Å²) in [6.07, 6.45) is 14.7. The SMILES string of the molecule is C#C[C@@]1(O)CC[C@@H]2[C@@H]3CCC4=C/C(=N/OCC(=O)N[C@@H](CC(N)=O)C(=O)O)CC[C@]4(C)[C@H]3CC[C@@]21C. The molecule has 0 aromatic rings. The van der Waals surface area contributed by atoms with Crippen LogP contribution < -0.4 is 11.1 Å². The van der Waals surface area contributed by atoms with Gasteiger partial charge in [0.05, 0.1) is 12.1 Å². The molecule has 0 aromatic carbocycles. The van der Waals surface area contributed by atoms with Crippen LogP contribution in [0.4, 0.5) is 0 Å². The van der Waals surface area contributed by atoms with Gasteiger partial charge in [0.2, 0.25) is 5.91 Å². The second-order valence-corrected chi connectivity index (χ2v) is 11.5. The van der Waals surface area contributed by atoms with Gasteiger partial charge in [0.15, 0.2) is 6.61 Å². The molecule has 0 heterocycles. The second-order valence-electron chi connectivity index (χ2n) is 11.5. The van der Waals surface area contributed by atoms with Gasteiger partial charge in [-0.05, 0) is 80.6 Å². The quantitative estimate of drug-likeness (QED) is 0.311. The van der Waals surface area contributed by atoms with Gasteiger partial charge in [-0.1, -0.05) is 30.5 Å². The minimum atomic E-state index is -1.40. The van der Waals surface area contributed by atoms with Crippen molar-refractivity contribution in [3.63, 3.8) is 0 Å². The van der Waals surface area contributed by atoms with Gasteiger partial charge in [0.25, 0.3) is 5.91 Å². The molecule has 5 N–H and O–H groups in total. The minimum absolute atomic E-state index is 0.0704. The van der Waals surface area contributed by atoms with Gasteiger partial charge < -0.3 is 26.1 Å². The lowest BCUT2D eigenvalue weighted by Crippen LogP contribution is -2.54. The first-order chi connectivity index (χ1) is 16.9. The molecule has 0 radical (unpaired) electrons. The Bertz CT molecular complexity index is 1050. The zero-order valence-corrected chi connectivity index (χ0v) is 21.1. The third-order valence-electron chi connectivity index (χ3n) is 9.78. The van der Waals surface area contributed by atoms with E-state index >= 15 is 0 Å². The van der Waals surface area contributed by atoms with Crippen molar-refractivity contribution in [3.8, 4) is 12.3 Å². The van der Waals surface area contributed by atoms with E-state index in [1.807, 2.05) is 0 Å². The van der Waals surface area contributed by atoms with Crippen LogP contribution in [0.15, 0.2) is 16.8 Å². The molecular formula is C27H37N3O6. The third kappa shape index (κ3) is 4.40. The van der Waals surface area contributed by atoms with E-state index in [2.05, 4.69) is 36.3 Å². The van der Waals surface area contributed by atoms with Crippen LogP contribution in [0.5, 0.6) is 0 Å². The third-order valence-corrected chi connectivity index (χ3v) is 9.78. The second kappa shape index (κ2) is 9.55. The monoisotopic (exact) mass is 499 g/mol.